The van der Waals surface area contributed by atoms with Crippen molar-refractivity contribution in [2.24, 2.45) is 0 Å². The Hall–Kier alpha value is -2.42. The van der Waals surface area contributed by atoms with E-state index in [0.717, 1.165) is 17.8 Å². The van der Waals surface area contributed by atoms with Crippen LogP contribution in [0, 0.1) is 0 Å². The molecule has 1 fully saturated rings. The minimum atomic E-state index is -3.47. The fourth-order valence-corrected chi connectivity index (χ4v) is 4.74. The summed E-state index contributed by atoms with van der Waals surface area (Å²) in [5.74, 6) is 0.645. The fraction of sp³-hybridized carbons (Fsp3) is 0.316. The summed E-state index contributed by atoms with van der Waals surface area (Å²) in [6.45, 7) is 3.04. The second kappa shape index (κ2) is 7.30. The molecule has 142 valence electrons. The van der Waals surface area contributed by atoms with Crippen molar-refractivity contribution < 1.29 is 13.2 Å². The first-order valence-electron chi connectivity index (χ1n) is 8.86. The van der Waals surface area contributed by atoms with Crippen molar-refractivity contribution in [3.05, 3.63) is 60.4 Å². The molecule has 0 amide bonds. The highest BCUT2D eigenvalue weighted by molar-refractivity contribution is 7.89. The Morgan fingerprint density at radius 1 is 1.04 bits per heavy atom. The molecule has 1 aliphatic heterocycles. The normalized spacial score (nSPS) is 16.6. The Morgan fingerprint density at radius 2 is 1.78 bits per heavy atom. The van der Waals surface area contributed by atoms with Gasteiger partial charge in [0.2, 0.25) is 10.0 Å². The second-order valence-corrected chi connectivity index (χ2v) is 8.50. The molecule has 0 radical (unpaired) electrons. The van der Waals surface area contributed by atoms with E-state index in [4.69, 9.17) is 4.74 Å². The van der Waals surface area contributed by atoms with E-state index in [-0.39, 0.29) is 0 Å². The lowest BCUT2D eigenvalue weighted by Gasteiger charge is -2.33. The summed E-state index contributed by atoms with van der Waals surface area (Å²) in [7, 11) is -1.91. The van der Waals surface area contributed by atoms with E-state index in [2.05, 4.69) is 16.1 Å². The molecule has 1 aromatic carbocycles. The molecule has 1 aliphatic rings. The zero-order chi connectivity index (χ0) is 18.9. The topological polar surface area (TPSA) is 67.2 Å². The molecule has 1 saturated heterocycles. The standard InChI is InChI=1S/C19H22N4O3S/c1-26-18-5-7-19(8-6-18)27(24,25)22-12-10-21(11-13-22)15-16-14-17-4-2-3-9-23(17)20-16/h2-9,14H,10-13,15H2,1H3. The summed E-state index contributed by atoms with van der Waals surface area (Å²) in [6, 6.07) is 14.6. The van der Waals surface area contributed by atoms with Crippen molar-refractivity contribution in [3.63, 3.8) is 0 Å². The fourth-order valence-electron chi connectivity index (χ4n) is 3.32. The number of sulfonamides is 1. The number of benzene rings is 1. The van der Waals surface area contributed by atoms with Crippen molar-refractivity contribution in [3.8, 4) is 5.75 Å². The van der Waals surface area contributed by atoms with E-state index < -0.39 is 10.0 Å². The van der Waals surface area contributed by atoms with Gasteiger partial charge in [0.1, 0.15) is 5.75 Å². The van der Waals surface area contributed by atoms with Crippen LogP contribution < -0.4 is 4.74 Å². The lowest BCUT2D eigenvalue weighted by Crippen LogP contribution is -2.48. The average Bonchev–Trinajstić information content (AvgIpc) is 3.10. The predicted octanol–water partition coefficient (Wildman–Crippen LogP) is 1.85. The third-order valence-corrected chi connectivity index (χ3v) is 6.75. The summed E-state index contributed by atoms with van der Waals surface area (Å²) < 4.78 is 34.1. The van der Waals surface area contributed by atoms with Gasteiger partial charge in [-0.05, 0) is 42.5 Å². The smallest absolute Gasteiger partial charge is 0.243 e. The highest BCUT2D eigenvalue weighted by Crippen LogP contribution is 2.21. The zero-order valence-electron chi connectivity index (χ0n) is 15.2. The van der Waals surface area contributed by atoms with Crippen LogP contribution in [0.1, 0.15) is 5.69 Å². The largest absolute Gasteiger partial charge is 0.497 e. The third kappa shape index (κ3) is 3.69. The first kappa shape index (κ1) is 18.0. The van der Waals surface area contributed by atoms with Crippen LogP contribution in [0.25, 0.3) is 5.52 Å². The van der Waals surface area contributed by atoms with Gasteiger partial charge < -0.3 is 4.74 Å². The highest BCUT2D eigenvalue weighted by atomic mass is 32.2. The van der Waals surface area contributed by atoms with Gasteiger partial charge in [0.25, 0.3) is 0 Å². The number of ether oxygens (including phenoxy) is 1. The predicted molar refractivity (Wildman–Crippen MR) is 102 cm³/mol. The molecule has 27 heavy (non-hydrogen) atoms. The number of methoxy groups -OCH3 is 1. The summed E-state index contributed by atoms with van der Waals surface area (Å²) >= 11 is 0. The van der Waals surface area contributed by atoms with E-state index in [9.17, 15) is 8.42 Å². The van der Waals surface area contributed by atoms with E-state index in [1.165, 1.54) is 0 Å². The molecule has 0 unspecified atom stereocenters. The Bertz CT molecular complexity index is 990. The molecule has 0 spiro atoms. The maximum absolute atomic E-state index is 12.8. The quantitative estimate of drug-likeness (QED) is 0.670. The van der Waals surface area contributed by atoms with Crippen LogP contribution in [-0.2, 0) is 16.6 Å². The zero-order valence-corrected chi connectivity index (χ0v) is 16.0. The van der Waals surface area contributed by atoms with Gasteiger partial charge in [-0.1, -0.05) is 6.07 Å². The van der Waals surface area contributed by atoms with Gasteiger partial charge in [-0.3, -0.25) is 4.90 Å². The maximum atomic E-state index is 12.8. The number of piperazine rings is 1. The molecular weight excluding hydrogens is 364 g/mol. The maximum Gasteiger partial charge on any atom is 0.243 e. The lowest BCUT2D eigenvalue weighted by atomic mass is 10.3. The molecule has 0 bridgehead atoms. The van der Waals surface area contributed by atoms with Gasteiger partial charge in [-0.25, -0.2) is 12.9 Å². The molecule has 4 rings (SSSR count). The molecule has 2 aromatic heterocycles. The lowest BCUT2D eigenvalue weighted by molar-refractivity contribution is 0.180. The van der Waals surface area contributed by atoms with Gasteiger partial charge >= 0.3 is 0 Å². The molecule has 0 N–H and O–H groups in total. The van der Waals surface area contributed by atoms with Crippen molar-refractivity contribution in [2.45, 2.75) is 11.4 Å². The number of nitrogens with zero attached hydrogens (tertiary/aromatic N) is 4. The van der Waals surface area contributed by atoms with Crippen molar-refractivity contribution in [1.82, 2.24) is 18.8 Å². The number of rotatable bonds is 5. The van der Waals surface area contributed by atoms with Gasteiger partial charge in [-0.2, -0.15) is 9.40 Å². The molecular formula is C19H22N4O3S. The van der Waals surface area contributed by atoms with E-state index in [0.29, 0.717) is 36.8 Å². The number of hydrogen-bond acceptors (Lipinski definition) is 5. The summed E-state index contributed by atoms with van der Waals surface area (Å²) in [5, 5.41) is 4.57. The molecule has 8 heteroatoms. The number of fused-ring (bicyclic) bond motifs is 1. The Labute approximate surface area is 158 Å². The van der Waals surface area contributed by atoms with Crippen LogP contribution in [-0.4, -0.2) is 60.5 Å². The molecule has 0 aliphatic carbocycles. The average molecular weight is 386 g/mol. The molecule has 7 nitrogen and oxygen atoms in total. The number of hydrogen-bond donors (Lipinski definition) is 0. The van der Waals surface area contributed by atoms with Crippen LogP contribution >= 0.6 is 0 Å². The first-order chi connectivity index (χ1) is 13.1. The monoisotopic (exact) mass is 386 g/mol. The van der Waals surface area contributed by atoms with Gasteiger partial charge in [0, 0.05) is 38.9 Å². The van der Waals surface area contributed by atoms with Crippen molar-refractivity contribution in [1.29, 1.82) is 0 Å². The summed E-state index contributed by atoms with van der Waals surface area (Å²) in [5.41, 5.74) is 2.06. The van der Waals surface area contributed by atoms with Gasteiger partial charge in [-0.15, -0.1) is 0 Å². The third-order valence-electron chi connectivity index (χ3n) is 4.83. The second-order valence-electron chi connectivity index (χ2n) is 6.56. The van der Waals surface area contributed by atoms with Crippen LogP contribution in [0.2, 0.25) is 0 Å². The number of pyridine rings is 1. The first-order valence-corrected chi connectivity index (χ1v) is 10.3. The van der Waals surface area contributed by atoms with Crippen LogP contribution in [0.4, 0.5) is 0 Å². The molecule has 3 aromatic rings. The molecule has 3 heterocycles. The van der Waals surface area contributed by atoms with Crippen LogP contribution in [0.5, 0.6) is 5.75 Å². The van der Waals surface area contributed by atoms with Gasteiger partial charge in [0.15, 0.2) is 0 Å². The Morgan fingerprint density at radius 3 is 2.44 bits per heavy atom. The molecule has 0 saturated carbocycles. The van der Waals surface area contributed by atoms with Crippen LogP contribution in [0.15, 0.2) is 59.6 Å². The Balaban J connectivity index is 1.40. The van der Waals surface area contributed by atoms with E-state index in [1.807, 2.05) is 28.9 Å². The number of aromatic nitrogens is 2. The van der Waals surface area contributed by atoms with Crippen molar-refractivity contribution >= 4 is 15.5 Å². The van der Waals surface area contributed by atoms with Crippen LogP contribution in [0.3, 0.4) is 0 Å². The summed E-state index contributed by atoms with van der Waals surface area (Å²) in [4.78, 5) is 2.54. The Kier molecular flexibility index (Phi) is 4.86. The minimum Gasteiger partial charge on any atom is -0.497 e. The highest BCUT2D eigenvalue weighted by Gasteiger charge is 2.28. The SMILES string of the molecule is COc1ccc(S(=O)(=O)N2CCN(Cc3cc4ccccn4n3)CC2)cc1. The van der Waals surface area contributed by atoms with Crippen molar-refractivity contribution in [2.75, 3.05) is 33.3 Å². The van der Waals surface area contributed by atoms with E-state index >= 15 is 0 Å². The minimum absolute atomic E-state index is 0.303. The van der Waals surface area contributed by atoms with E-state index in [1.54, 1.807) is 35.7 Å². The van der Waals surface area contributed by atoms with Gasteiger partial charge in [0.05, 0.1) is 23.2 Å². The molecule has 0 atom stereocenters. The summed E-state index contributed by atoms with van der Waals surface area (Å²) in [6.07, 6.45) is 1.93.